The first kappa shape index (κ1) is 16.8. The van der Waals surface area contributed by atoms with Gasteiger partial charge in [0.1, 0.15) is 5.66 Å². The lowest BCUT2D eigenvalue weighted by atomic mass is 9.87. The summed E-state index contributed by atoms with van der Waals surface area (Å²) in [5.74, 6) is 0.775. The van der Waals surface area contributed by atoms with Gasteiger partial charge >= 0.3 is 0 Å². The molecule has 5 heteroatoms. The van der Waals surface area contributed by atoms with Crippen molar-refractivity contribution in [2.24, 2.45) is 21.5 Å². The molecule has 5 nitrogen and oxygen atoms in total. The maximum atomic E-state index is 6.31. The number of rotatable bonds is 4. The van der Waals surface area contributed by atoms with Gasteiger partial charge in [-0.1, -0.05) is 31.9 Å². The van der Waals surface area contributed by atoms with E-state index >= 15 is 0 Å². The molecule has 0 atom stereocenters. The lowest BCUT2D eigenvalue weighted by Crippen LogP contribution is -2.58. The highest BCUT2D eigenvalue weighted by Gasteiger charge is 2.42. The summed E-state index contributed by atoms with van der Waals surface area (Å²) in [5.41, 5.74) is 15.6. The van der Waals surface area contributed by atoms with E-state index in [0.29, 0.717) is 11.9 Å². The molecule has 4 N–H and O–H groups in total. The Morgan fingerprint density at radius 1 is 1.17 bits per heavy atom. The summed E-state index contributed by atoms with van der Waals surface area (Å²) in [6.07, 6.45) is 9.04. The van der Waals surface area contributed by atoms with Crippen molar-refractivity contribution in [3.63, 3.8) is 0 Å². The van der Waals surface area contributed by atoms with Crippen LogP contribution in [0.5, 0.6) is 0 Å². The number of unbranched alkanes of at least 4 members (excludes halogenated alkanes) is 1. The molecule has 0 aromatic heterocycles. The number of nitrogens with zero attached hydrogens (tertiary/aromatic N) is 3. The highest BCUT2D eigenvalue weighted by molar-refractivity contribution is 6.06. The lowest BCUT2D eigenvalue weighted by Gasteiger charge is -2.46. The van der Waals surface area contributed by atoms with Gasteiger partial charge < -0.3 is 11.5 Å². The molecule has 24 heavy (non-hydrogen) atoms. The number of aryl methyl sites for hydroxylation is 2. The van der Waals surface area contributed by atoms with Gasteiger partial charge in [-0.3, -0.25) is 4.90 Å². The average Bonchev–Trinajstić information content (AvgIpc) is 2.54. The van der Waals surface area contributed by atoms with Crippen LogP contribution in [0.2, 0.25) is 0 Å². The molecule has 1 spiro atoms. The van der Waals surface area contributed by atoms with E-state index < -0.39 is 0 Å². The molecular weight excluding hydrogens is 298 g/mol. The highest BCUT2D eigenvalue weighted by atomic mass is 15.4. The van der Waals surface area contributed by atoms with Crippen molar-refractivity contribution in [2.45, 2.75) is 70.9 Å². The Kier molecular flexibility index (Phi) is 4.78. The van der Waals surface area contributed by atoms with Crippen molar-refractivity contribution < 1.29 is 0 Å². The molecule has 2 aliphatic rings. The zero-order valence-corrected chi connectivity index (χ0v) is 14.9. The van der Waals surface area contributed by atoms with E-state index in [1.807, 2.05) is 0 Å². The molecule has 1 saturated carbocycles. The first-order chi connectivity index (χ1) is 11.6. The summed E-state index contributed by atoms with van der Waals surface area (Å²) in [5, 5.41) is 0. The zero-order chi connectivity index (χ0) is 17.2. The predicted molar refractivity (Wildman–Crippen MR) is 101 cm³/mol. The van der Waals surface area contributed by atoms with E-state index in [9.17, 15) is 0 Å². The van der Waals surface area contributed by atoms with Crippen molar-refractivity contribution >= 4 is 17.6 Å². The molecule has 130 valence electrons. The highest BCUT2D eigenvalue weighted by Crippen LogP contribution is 2.40. The molecule has 0 amide bonds. The number of guanidine groups is 2. The Labute approximate surface area is 144 Å². The van der Waals surface area contributed by atoms with Gasteiger partial charge in [0.25, 0.3) is 0 Å². The summed E-state index contributed by atoms with van der Waals surface area (Å²) in [6, 6.07) is 6.66. The molecule has 1 aliphatic carbocycles. The lowest BCUT2D eigenvalue weighted by molar-refractivity contribution is 0.305. The Morgan fingerprint density at radius 2 is 1.92 bits per heavy atom. The number of anilines is 1. The Morgan fingerprint density at radius 3 is 2.58 bits per heavy atom. The maximum absolute atomic E-state index is 6.31. The van der Waals surface area contributed by atoms with Crippen molar-refractivity contribution in [1.82, 2.24) is 0 Å². The number of benzene rings is 1. The molecule has 0 bridgehead atoms. The number of nitrogens with two attached hydrogens (primary N) is 2. The smallest absolute Gasteiger partial charge is 0.220 e. The van der Waals surface area contributed by atoms with Crippen LogP contribution >= 0.6 is 0 Å². The Balaban J connectivity index is 1.98. The fraction of sp³-hybridized carbons (Fsp3) is 0.579. The van der Waals surface area contributed by atoms with E-state index in [0.717, 1.165) is 37.8 Å². The van der Waals surface area contributed by atoms with Gasteiger partial charge in [0.2, 0.25) is 11.9 Å². The third-order valence-corrected chi connectivity index (χ3v) is 5.17. The fourth-order valence-corrected chi connectivity index (χ4v) is 3.97. The van der Waals surface area contributed by atoms with Gasteiger partial charge in [-0.15, -0.1) is 0 Å². The molecule has 1 aliphatic heterocycles. The molecule has 1 aromatic carbocycles. The molecule has 3 rings (SSSR count). The van der Waals surface area contributed by atoms with Crippen LogP contribution in [0.3, 0.4) is 0 Å². The van der Waals surface area contributed by atoms with Crippen LogP contribution in [0.4, 0.5) is 5.69 Å². The van der Waals surface area contributed by atoms with E-state index in [1.165, 1.54) is 30.4 Å². The SMILES string of the molecule is CCCCc1ccc(N2C(N)=NC(N)=NC23CCCCC3)c(C)c1. The van der Waals surface area contributed by atoms with E-state index in [1.54, 1.807) is 0 Å². The number of aliphatic imine (C=N–C) groups is 2. The predicted octanol–water partition coefficient (Wildman–Crippen LogP) is 3.45. The number of hydrogen-bond donors (Lipinski definition) is 2. The fourth-order valence-electron chi connectivity index (χ4n) is 3.97. The third kappa shape index (κ3) is 3.12. The maximum Gasteiger partial charge on any atom is 0.220 e. The van der Waals surface area contributed by atoms with Crippen molar-refractivity contribution in [3.05, 3.63) is 29.3 Å². The Hall–Kier alpha value is -2.04. The molecule has 1 aromatic rings. The van der Waals surface area contributed by atoms with Crippen molar-refractivity contribution in [2.75, 3.05) is 4.90 Å². The summed E-state index contributed by atoms with van der Waals surface area (Å²) in [6.45, 7) is 4.37. The van der Waals surface area contributed by atoms with Crippen molar-refractivity contribution in [3.8, 4) is 0 Å². The standard InChI is InChI=1S/C19H29N5/c1-3-4-8-15-9-10-16(14(2)13-15)24-18(21)22-17(20)23-19(24)11-6-5-7-12-19/h9-10,13H,3-8,11-12H2,1-2H3,(H4,20,21,22,23). The third-order valence-electron chi connectivity index (χ3n) is 5.17. The Bertz CT molecular complexity index is 656. The van der Waals surface area contributed by atoms with Gasteiger partial charge in [-0.25, -0.2) is 4.99 Å². The normalized spacial score (nSPS) is 20.0. The molecule has 1 fully saturated rings. The molecule has 0 unspecified atom stereocenters. The van der Waals surface area contributed by atoms with Crippen LogP contribution in [-0.2, 0) is 6.42 Å². The van der Waals surface area contributed by atoms with Crippen molar-refractivity contribution in [1.29, 1.82) is 0 Å². The molecule has 1 heterocycles. The average molecular weight is 327 g/mol. The van der Waals surface area contributed by atoms with Gasteiger partial charge in [0.05, 0.1) is 0 Å². The summed E-state index contributed by atoms with van der Waals surface area (Å²) in [7, 11) is 0. The molecule has 0 radical (unpaired) electrons. The minimum Gasteiger partial charge on any atom is -0.369 e. The zero-order valence-electron chi connectivity index (χ0n) is 14.9. The van der Waals surface area contributed by atoms with Crippen LogP contribution < -0.4 is 16.4 Å². The molecular formula is C19H29N5. The monoisotopic (exact) mass is 327 g/mol. The van der Waals surface area contributed by atoms with Gasteiger partial charge in [-0.05, 0) is 62.6 Å². The molecule has 0 saturated heterocycles. The van der Waals surface area contributed by atoms with Crippen LogP contribution in [-0.4, -0.2) is 17.6 Å². The summed E-state index contributed by atoms with van der Waals surface area (Å²) in [4.78, 5) is 11.1. The topological polar surface area (TPSA) is 80.0 Å². The van der Waals surface area contributed by atoms with Gasteiger partial charge in [0, 0.05) is 5.69 Å². The van der Waals surface area contributed by atoms with Crippen LogP contribution in [0.25, 0.3) is 0 Å². The number of hydrogen-bond acceptors (Lipinski definition) is 5. The second-order valence-corrected chi connectivity index (χ2v) is 7.04. The second-order valence-electron chi connectivity index (χ2n) is 7.04. The van der Waals surface area contributed by atoms with Gasteiger partial charge in [0.15, 0.2) is 0 Å². The minimum absolute atomic E-state index is 0.308. The van der Waals surface area contributed by atoms with E-state index in [2.05, 4.69) is 41.9 Å². The van der Waals surface area contributed by atoms with Crippen LogP contribution in [0, 0.1) is 6.92 Å². The van der Waals surface area contributed by atoms with E-state index in [-0.39, 0.29) is 5.66 Å². The summed E-state index contributed by atoms with van der Waals surface area (Å²) < 4.78 is 0. The first-order valence-electron chi connectivity index (χ1n) is 9.15. The van der Waals surface area contributed by atoms with Crippen LogP contribution in [0.1, 0.15) is 63.0 Å². The van der Waals surface area contributed by atoms with Gasteiger partial charge in [-0.2, -0.15) is 4.99 Å². The second kappa shape index (κ2) is 6.83. The minimum atomic E-state index is -0.357. The van der Waals surface area contributed by atoms with E-state index in [4.69, 9.17) is 16.5 Å². The quantitative estimate of drug-likeness (QED) is 0.889. The largest absolute Gasteiger partial charge is 0.369 e. The summed E-state index contributed by atoms with van der Waals surface area (Å²) >= 11 is 0. The first-order valence-corrected chi connectivity index (χ1v) is 9.15. The van der Waals surface area contributed by atoms with Crippen LogP contribution in [0.15, 0.2) is 28.2 Å².